The molecule has 134 valence electrons. The lowest BCUT2D eigenvalue weighted by Gasteiger charge is -2.22. The third kappa shape index (κ3) is 3.24. The molecule has 6 heteroatoms. The summed E-state index contributed by atoms with van der Waals surface area (Å²) in [6.07, 6.45) is 5.73. The maximum Gasteiger partial charge on any atom is 0.234 e. The fraction of sp³-hybridized carbons (Fsp3) is 0.250. The Morgan fingerprint density at radius 3 is 2.92 bits per heavy atom. The van der Waals surface area contributed by atoms with Crippen molar-refractivity contribution in [1.82, 2.24) is 9.47 Å². The Kier molecular flexibility index (Phi) is 4.75. The average Bonchev–Trinajstić information content (AvgIpc) is 3.39. The third-order valence-corrected chi connectivity index (χ3v) is 5.57. The summed E-state index contributed by atoms with van der Waals surface area (Å²) in [5, 5.41) is -0.00638. The van der Waals surface area contributed by atoms with E-state index in [0.29, 0.717) is 18.9 Å². The molecule has 0 bridgehead atoms. The fourth-order valence-electron chi connectivity index (χ4n) is 3.13. The maximum atomic E-state index is 12.3. The van der Waals surface area contributed by atoms with Crippen LogP contribution in [0, 0.1) is 0 Å². The number of carbonyl (C=O) groups is 1. The zero-order valence-electron chi connectivity index (χ0n) is 14.5. The van der Waals surface area contributed by atoms with E-state index < -0.39 is 0 Å². The van der Waals surface area contributed by atoms with Gasteiger partial charge in [-0.2, -0.15) is 0 Å². The van der Waals surface area contributed by atoms with Crippen LogP contribution in [0.25, 0.3) is 5.69 Å². The van der Waals surface area contributed by atoms with Crippen LogP contribution in [-0.2, 0) is 11.3 Å². The number of furan rings is 1. The lowest BCUT2D eigenvalue weighted by atomic mass is 10.2. The summed E-state index contributed by atoms with van der Waals surface area (Å²) in [5.41, 5.74) is 2.09. The van der Waals surface area contributed by atoms with E-state index in [1.807, 2.05) is 54.4 Å². The predicted octanol–water partition coefficient (Wildman–Crippen LogP) is 4.24. The Bertz CT molecular complexity index is 888. The van der Waals surface area contributed by atoms with Gasteiger partial charge >= 0.3 is 0 Å². The van der Waals surface area contributed by atoms with Gasteiger partial charge in [-0.3, -0.25) is 4.79 Å². The molecule has 3 heterocycles. The van der Waals surface area contributed by atoms with Gasteiger partial charge in [-0.05, 0) is 37.3 Å². The predicted molar refractivity (Wildman–Crippen MR) is 101 cm³/mol. The molecule has 3 aromatic rings. The molecule has 0 spiro atoms. The zero-order valence-corrected chi connectivity index (χ0v) is 15.3. The largest absolute Gasteiger partial charge is 0.492 e. The van der Waals surface area contributed by atoms with Crippen LogP contribution in [0.1, 0.15) is 23.6 Å². The van der Waals surface area contributed by atoms with E-state index in [1.165, 1.54) is 0 Å². The third-order valence-electron chi connectivity index (χ3n) is 4.32. The van der Waals surface area contributed by atoms with Crippen LogP contribution in [0.3, 0.4) is 0 Å². The topological polar surface area (TPSA) is 47.6 Å². The second-order valence-electron chi connectivity index (χ2n) is 6.02. The molecule has 0 aliphatic carbocycles. The molecule has 4 rings (SSSR count). The van der Waals surface area contributed by atoms with Gasteiger partial charge in [0.15, 0.2) is 0 Å². The molecular weight excluding hydrogens is 348 g/mol. The first-order valence-electron chi connectivity index (χ1n) is 8.60. The number of aromatic nitrogens is 1. The molecular formula is C20H20N2O3S. The molecule has 0 N–H and O–H groups in total. The molecule has 0 saturated carbocycles. The lowest BCUT2D eigenvalue weighted by molar-refractivity contribution is -0.128. The Balaban J connectivity index is 1.60. The van der Waals surface area contributed by atoms with Crippen LogP contribution in [0.15, 0.2) is 65.5 Å². The van der Waals surface area contributed by atoms with Crippen LogP contribution in [0.4, 0.5) is 0 Å². The van der Waals surface area contributed by atoms with Gasteiger partial charge in [-0.1, -0.05) is 12.1 Å². The second-order valence-corrected chi connectivity index (χ2v) is 7.09. The summed E-state index contributed by atoms with van der Waals surface area (Å²) in [7, 11) is 0. The van der Waals surface area contributed by atoms with Crippen molar-refractivity contribution in [2.75, 3.05) is 12.4 Å². The van der Waals surface area contributed by atoms with Crippen molar-refractivity contribution in [3.05, 3.63) is 72.4 Å². The zero-order chi connectivity index (χ0) is 17.9. The van der Waals surface area contributed by atoms with Crippen molar-refractivity contribution in [1.29, 1.82) is 0 Å². The molecule has 1 aliphatic rings. The van der Waals surface area contributed by atoms with Crippen molar-refractivity contribution in [2.45, 2.75) is 18.8 Å². The van der Waals surface area contributed by atoms with Crippen molar-refractivity contribution in [2.24, 2.45) is 0 Å². The number of amides is 1. The summed E-state index contributed by atoms with van der Waals surface area (Å²) in [4.78, 5) is 14.2. The van der Waals surface area contributed by atoms with Gasteiger partial charge in [0.05, 0.1) is 30.9 Å². The first kappa shape index (κ1) is 16.8. The number of ether oxygens (including phenoxy) is 1. The molecule has 1 fully saturated rings. The Morgan fingerprint density at radius 2 is 2.12 bits per heavy atom. The number of thioether (sulfide) groups is 1. The second kappa shape index (κ2) is 7.33. The SMILES string of the molecule is CCOc1ccccc1-n1ccc(C2SCC(=O)N2Cc2ccco2)c1. The molecule has 1 unspecified atom stereocenters. The van der Waals surface area contributed by atoms with Gasteiger partial charge < -0.3 is 18.6 Å². The standard InChI is InChI=1S/C20H20N2O3S/c1-2-24-18-8-4-3-7-17(18)21-10-9-15(12-21)20-22(19(23)14-26-20)13-16-6-5-11-25-16/h3-12,20H,2,13-14H2,1H3. The van der Waals surface area contributed by atoms with E-state index in [0.717, 1.165) is 22.8 Å². The number of para-hydroxylation sites is 2. The molecule has 1 atom stereocenters. The van der Waals surface area contributed by atoms with Crippen molar-refractivity contribution in [3.8, 4) is 11.4 Å². The normalized spacial score (nSPS) is 17.0. The van der Waals surface area contributed by atoms with Crippen LogP contribution >= 0.6 is 11.8 Å². The minimum atomic E-state index is -0.00638. The molecule has 1 aliphatic heterocycles. The van der Waals surface area contributed by atoms with E-state index in [4.69, 9.17) is 9.15 Å². The van der Waals surface area contributed by atoms with Gasteiger partial charge in [0.2, 0.25) is 5.91 Å². The molecule has 2 aromatic heterocycles. The Hall–Kier alpha value is -2.60. The summed E-state index contributed by atoms with van der Waals surface area (Å²) in [6, 6.07) is 13.8. The highest BCUT2D eigenvalue weighted by Crippen LogP contribution is 2.40. The highest BCUT2D eigenvalue weighted by molar-refractivity contribution is 8.00. The lowest BCUT2D eigenvalue weighted by Crippen LogP contribution is -2.27. The van der Waals surface area contributed by atoms with Crippen LogP contribution in [0.2, 0.25) is 0 Å². The summed E-state index contributed by atoms with van der Waals surface area (Å²) < 4.78 is 13.2. The number of carbonyl (C=O) groups excluding carboxylic acids is 1. The Morgan fingerprint density at radius 1 is 1.23 bits per heavy atom. The smallest absolute Gasteiger partial charge is 0.234 e. The minimum absolute atomic E-state index is 0.00638. The first-order valence-corrected chi connectivity index (χ1v) is 9.64. The van der Waals surface area contributed by atoms with Gasteiger partial charge in [0.1, 0.15) is 16.9 Å². The van der Waals surface area contributed by atoms with E-state index in [9.17, 15) is 4.79 Å². The summed E-state index contributed by atoms with van der Waals surface area (Å²) >= 11 is 1.65. The molecule has 1 saturated heterocycles. The number of rotatable bonds is 6. The monoisotopic (exact) mass is 368 g/mol. The van der Waals surface area contributed by atoms with E-state index >= 15 is 0 Å². The molecule has 26 heavy (non-hydrogen) atoms. The van der Waals surface area contributed by atoms with Gasteiger partial charge in [-0.15, -0.1) is 11.8 Å². The number of benzene rings is 1. The van der Waals surface area contributed by atoms with Gasteiger partial charge in [-0.25, -0.2) is 0 Å². The van der Waals surface area contributed by atoms with Gasteiger partial charge in [0.25, 0.3) is 0 Å². The molecule has 1 aromatic carbocycles. The van der Waals surface area contributed by atoms with E-state index in [1.54, 1.807) is 18.0 Å². The average molecular weight is 368 g/mol. The fourth-order valence-corrected chi connectivity index (χ4v) is 4.30. The number of nitrogens with zero attached hydrogens (tertiary/aromatic N) is 2. The van der Waals surface area contributed by atoms with E-state index in [-0.39, 0.29) is 11.3 Å². The molecule has 1 amide bonds. The Labute approximate surface area is 156 Å². The number of hydrogen-bond donors (Lipinski definition) is 0. The van der Waals surface area contributed by atoms with Crippen LogP contribution in [0.5, 0.6) is 5.75 Å². The summed E-state index contributed by atoms with van der Waals surface area (Å²) in [6.45, 7) is 3.09. The van der Waals surface area contributed by atoms with Gasteiger partial charge in [0, 0.05) is 18.0 Å². The highest BCUT2D eigenvalue weighted by Gasteiger charge is 2.33. The van der Waals surface area contributed by atoms with Crippen LogP contribution < -0.4 is 4.74 Å². The molecule has 0 radical (unpaired) electrons. The summed E-state index contributed by atoms with van der Waals surface area (Å²) in [5.74, 6) is 2.28. The highest BCUT2D eigenvalue weighted by atomic mass is 32.2. The first-order chi connectivity index (χ1) is 12.8. The maximum absolute atomic E-state index is 12.3. The van der Waals surface area contributed by atoms with Crippen LogP contribution in [-0.4, -0.2) is 27.7 Å². The van der Waals surface area contributed by atoms with Crippen molar-refractivity contribution < 1.29 is 13.9 Å². The van der Waals surface area contributed by atoms with E-state index in [2.05, 4.69) is 16.8 Å². The van der Waals surface area contributed by atoms with Crippen molar-refractivity contribution in [3.63, 3.8) is 0 Å². The van der Waals surface area contributed by atoms with Crippen molar-refractivity contribution >= 4 is 17.7 Å². The number of hydrogen-bond acceptors (Lipinski definition) is 4. The minimum Gasteiger partial charge on any atom is -0.492 e. The molecule has 5 nitrogen and oxygen atoms in total. The quantitative estimate of drug-likeness (QED) is 0.653.